The number of likely N-dealkylation sites (N-methyl/N-ethyl adjacent to an activating group) is 1. The Morgan fingerprint density at radius 2 is 1.65 bits per heavy atom. The van der Waals surface area contributed by atoms with Gasteiger partial charge in [-0.05, 0) is 49.5 Å². The first kappa shape index (κ1) is 31.0. The maximum absolute atomic E-state index is 13.7. The SMILES string of the molecule is C=CCN(CC=C)S(=O)(=O)c1ccc(C(=O)N(CCN(CC)CC)c2nc3c(Cl)cccc3s2)cc1.Cl. The molecule has 7 nitrogen and oxygen atoms in total. The lowest BCUT2D eigenvalue weighted by molar-refractivity contribution is 0.0983. The molecule has 0 saturated carbocycles. The first-order valence-electron chi connectivity index (χ1n) is 11.7. The van der Waals surface area contributed by atoms with Crippen LogP contribution in [-0.2, 0) is 10.0 Å². The molecule has 0 aliphatic heterocycles. The molecule has 2 aromatic carbocycles. The third-order valence-corrected chi connectivity index (χ3v) is 8.97. The number of anilines is 1. The zero-order valence-electron chi connectivity index (χ0n) is 21.0. The maximum Gasteiger partial charge on any atom is 0.260 e. The van der Waals surface area contributed by atoms with Gasteiger partial charge in [-0.3, -0.25) is 9.69 Å². The predicted octanol–water partition coefficient (Wildman–Crippen LogP) is 5.72. The highest BCUT2D eigenvalue weighted by Crippen LogP contribution is 2.33. The zero-order chi connectivity index (χ0) is 26.3. The quantitative estimate of drug-likeness (QED) is 0.241. The van der Waals surface area contributed by atoms with Crippen LogP contribution in [0.1, 0.15) is 24.2 Å². The molecule has 1 heterocycles. The van der Waals surface area contributed by atoms with Gasteiger partial charge in [-0.1, -0.05) is 55.0 Å². The van der Waals surface area contributed by atoms with Crippen LogP contribution in [0.15, 0.2) is 72.7 Å². The lowest BCUT2D eigenvalue weighted by Crippen LogP contribution is -2.39. The average molecular weight is 584 g/mol. The highest BCUT2D eigenvalue weighted by molar-refractivity contribution is 7.89. The smallest absolute Gasteiger partial charge is 0.260 e. The van der Waals surface area contributed by atoms with Crippen LogP contribution in [0.3, 0.4) is 0 Å². The van der Waals surface area contributed by atoms with E-state index in [0.29, 0.717) is 34.3 Å². The molecular formula is C26H32Cl2N4O3S2. The van der Waals surface area contributed by atoms with Crippen LogP contribution in [0.5, 0.6) is 0 Å². The summed E-state index contributed by atoms with van der Waals surface area (Å²) in [5, 5.41) is 1.08. The predicted molar refractivity (Wildman–Crippen MR) is 157 cm³/mol. The van der Waals surface area contributed by atoms with Crippen molar-refractivity contribution < 1.29 is 13.2 Å². The molecule has 0 radical (unpaired) electrons. The summed E-state index contributed by atoms with van der Waals surface area (Å²) < 4.78 is 28.2. The fraction of sp³-hybridized carbons (Fsp3) is 0.308. The number of amides is 1. The summed E-state index contributed by atoms with van der Waals surface area (Å²) in [5.74, 6) is -0.254. The molecule has 1 aromatic heterocycles. The number of halogens is 2. The van der Waals surface area contributed by atoms with Crippen LogP contribution >= 0.6 is 35.3 Å². The van der Waals surface area contributed by atoms with E-state index in [2.05, 4.69) is 36.9 Å². The van der Waals surface area contributed by atoms with Gasteiger partial charge in [-0.15, -0.1) is 25.6 Å². The van der Waals surface area contributed by atoms with Crippen LogP contribution in [0.4, 0.5) is 5.13 Å². The van der Waals surface area contributed by atoms with Crippen LogP contribution in [0, 0.1) is 0 Å². The van der Waals surface area contributed by atoms with Gasteiger partial charge in [0.1, 0.15) is 5.52 Å². The molecule has 11 heteroatoms. The molecule has 0 N–H and O–H groups in total. The van der Waals surface area contributed by atoms with Crippen LogP contribution in [0.2, 0.25) is 5.02 Å². The third-order valence-electron chi connectivity index (χ3n) is 5.77. The number of hydrogen-bond acceptors (Lipinski definition) is 6. The minimum atomic E-state index is -3.76. The van der Waals surface area contributed by atoms with Gasteiger partial charge in [0.2, 0.25) is 10.0 Å². The molecular weight excluding hydrogens is 551 g/mol. The number of carbonyl (C=O) groups excluding carboxylic acids is 1. The number of sulfonamides is 1. The van der Waals surface area contributed by atoms with Crippen molar-refractivity contribution >= 4 is 66.6 Å². The summed E-state index contributed by atoms with van der Waals surface area (Å²) in [6.45, 7) is 14.6. The van der Waals surface area contributed by atoms with Gasteiger partial charge in [0, 0.05) is 31.7 Å². The van der Waals surface area contributed by atoms with Gasteiger partial charge in [0.05, 0.1) is 14.6 Å². The Bertz CT molecular complexity index is 1310. The lowest BCUT2D eigenvalue weighted by Gasteiger charge is -2.25. The monoisotopic (exact) mass is 582 g/mol. The Labute approximate surface area is 234 Å². The van der Waals surface area contributed by atoms with E-state index >= 15 is 0 Å². The second kappa shape index (κ2) is 14.0. The Kier molecular flexibility index (Phi) is 11.7. The Hall–Kier alpha value is -2.27. The minimum absolute atomic E-state index is 0. The molecule has 200 valence electrons. The summed E-state index contributed by atoms with van der Waals surface area (Å²) in [6, 6.07) is 11.6. The topological polar surface area (TPSA) is 73.8 Å². The van der Waals surface area contributed by atoms with Crippen molar-refractivity contribution in [2.24, 2.45) is 0 Å². The summed E-state index contributed by atoms with van der Waals surface area (Å²) in [7, 11) is -3.76. The number of aromatic nitrogens is 1. The van der Waals surface area contributed by atoms with E-state index in [0.717, 1.165) is 17.8 Å². The third kappa shape index (κ3) is 7.19. The molecule has 0 fully saturated rings. The molecule has 1 amide bonds. The Morgan fingerprint density at radius 1 is 1.03 bits per heavy atom. The van der Waals surface area contributed by atoms with E-state index in [-0.39, 0.29) is 36.3 Å². The van der Waals surface area contributed by atoms with Crippen LogP contribution in [-0.4, -0.2) is 67.8 Å². The highest BCUT2D eigenvalue weighted by atomic mass is 35.5. The number of hydrogen-bond donors (Lipinski definition) is 0. The molecule has 0 bridgehead atoms. The maximum atomic E-state index is 13.7. The van der Waals surface area contributed by atoms with E-state index < -0.39 is 10.0 Å². The van der Waals surface area contributed by atoms with Crippen LogP contribution < -0.4 is 4.90 Å². The van der Waals surface area contributed by atoms with Crippen molar-refractivity contribution in [2.75, 3.05) is 44.2 Å². The van der Waals surface area contributed by atoms with Crippen molar-refractivity contribution in [3.05, 3.63) is 78.4 Å². The van der Waals surface area contributed by atoms with E-state index in [4.69, 9.17) is 11.6 Å². The van der Waals surface area contributed by atoms with E-state index in [9.17, 15) is 13.2 Å². The number of fused-ring (bicyclic) bond motifs is 1. The zero-order valence-corrected chi connectivity index (χ0v) is 24.2. The molecule has 37 heavy (non-hydrogen) atoms. The molecule has 0 spiro atoms. The molecule has 0 atom stereocenters. The van der Waals surface area contributed by atoms with Gasteiger partial charge in [-0.2, -0.15) is 4.31 Å². The molecule has 0 saturated heterocycles. The normalized spacial score (nSPS) is 11.5. The minimum Gasteiger partial charge on any atom is -0.302 e. The van der Waals surface area contributed by atoms with E-state index in [1.807, 2.05) is 12.1 Å². The van der Waals surface area contributed by atoms with Crippen molar-refractivity contribution in [1.29, 1.82) is 0 Å². The molecule has 0 unspecified atom stereocenters. The number of para-hydroxylation sites is 1. The van der Waals surface area contributed by atoms with Gasteiger partial charge in [0.25, 0.3) is 5.91 Å². The molecule has 3 rings (SSSR count). The van der Waals surface area contributed by atoms with Crippen molar-refractivity contribution in [1.82, 2.24) is 14.2 Å². The van der Waals surface area contributed by atoms with E-state index in [1.54, 1.807) is 23.1 Å². The summed E-state index contributed by atoms with van der Waals surface area (Å²) in [5.41, 5.74) is 1.03. The van der Waals surface area contributed by atoms with Gasteiger partial charge in [-0.25, -0.2) is 13.4 Å². The number of rotatable bonds is 13. The molecule has 0 aliphatic rings. The number of benzene rings is 2. The standard InChI is InChI=1S/C26H31ClN4O3S2.ClH/c1-5-16-30(17-6-2)36(33,34)21-14-12-20(13-15-21)25(32)31(19-18-29(7-3)8-4)26-28-24-22(27)10-9-11-23(24)35-26;/h5-6,9-15H,1-2,7-8,16-19H2,3-4H3;1H. The lowest BCUT2D eigenvalue weighted by atomic mass is 10.2. The second-order valence-electron chi connectivity index (χ2n) is 7.99. The fourth-order valence-electron chi connectivity index (χ4n) is 3.72. The van der Waals surface area contributed by atoms with Gasteiger partial charge in [0.15, 0.2) is 5.13 Å². The van der Waals surface area contributed by atoms with Crippen molar-refractivity contribution in [3.8, 4) is 0 Å². The summed E-state index contributed by atoms with van der Waals surface area (Å²) in [4.78, 5) is 22.3. The second-order valence-corrected chi connectivity index (χ2v) is 11.3. The van der Waals surface area contributed by atoms with Crippen molar-refractivity contribution in [2.45, 2.75) is 18.7 Å². The van der Waals surface area contributed by atoms with Gasteiger partial charge < -0.3 is 4.90 Å². The first-order valence-corrected chi connectivity index (χ1v) is 14.3. The highest BCUT2D eigenvalue weighted by Gasteiger charge is 2.25. The molecule has 3 aromatic rings. The number of thiazole rings is 1. The van der Waals surface area contributed by atoms with E-state index in [1.165, 1.54) is 39.9 Å². The summed E-state index contributed by atoms with van der Waals surface area (Å²) >= 11 is 7.74. The Balaban J connectivity index is 0.00000481. The number of carbonyl (C=O) groups is 1. The first-order chi connectivity index (χ1) is 17.3. The number of nitrogens with zero attached hydrogens (tertiary/aromatic N) is 4. The van der Waals surface area contributed by atoms with Gasteiger partial charge >= 0.3 is 0 Å². The van der Waals surface area contributed by atoms with Crippen LogP contribution in [0.25, 0.3) is 10.2 Å². The Morgan fingerprint density at radius 3 is 2.19 bits per heavy atom. The average Bonchev–Trinajstić information content (AvgIpc) is 3.31. The molecule has 0 aliphatic carbocycles. The largest absolute Gasteiger partial charge is 0.302 e. The fourth-order valence-corrected chi connectivity index (χ4v) is 6.39. The summed E-state index contributed by atoms with van der Waals surface area (Å²) in [6.07, 6.45) is 3.05. The van der Waals surface area contributed by atoms with Crippen molar-refractivity contribution in [3.63, 3.8) is 0 Å².